The van der Waals surface area contributed by atoms with E-state index in [9.17, 15) is 14.4 Å². The normalized spacial score (nSPS) is 11.4. The Morgan fingerprint density at radius 3 is 1.45 bits per heavy atom. The molecule has 0 saturated heterocycles. The quantitative estimate of drug-likeness (QED) is 0.0775. The van der Waals surface area contributed by atoms with Crippen molar-refractivity contribution in [3.63, 3.8) is 0 Å². The Kier molecular flexibility index (Phi) is 19.1. The van der Waals surface area contributed by atoms with Gasteiger partial charge in [0.15, 0.2) is 0 Å². The maximum atomic E-state index is 9.88. The smallest absolute Gasteiger partial charge is 0.673 e. The number of pyridine rings is 1. The molecule has 7 heteroatoms. The van der Waals surface area contributed by atoms with E-state index in [0.29, 0.717) is 16.7 Å². The molecule has 1 unspecified atom stereocenters. The van der Waals surface area contributed by atoms with Crippen LogP contribution in [0, 0.1) is 13.8 Å². The van der Waals surface area contributed by atoms with Crippen LogP contribution in [0.5, 0.6) is 0 Å². The van der Waals surface area contributed by atoms with Crippen molar-refractivity contribution in [1.29, 1.82) is 0 Å². The van der Waals surface area contributed by atoms with E-state index in [4.69, 9.17) is 15.3 Å². The number of fused-ring (bicyclic) bond motifs is 2. The minimum Gasteiger partial charge on any atom is -0.673 e. The maximum absolute atomic E-state index is 9.88. The SMILES string of the molecule is CC(=Nc1c(C)ccc2ccccc12)c1cccc(C(C)(Cc2ccccc2)[N-]c2c(C)ccc3ccccc23)n1.O=[C-]c1ccccc1.O=[C-]c1ccccc1.O=[C-]c1ccccc1.[Hf+4]. The topological polar surface area (TPSA) is 90.6 Å². The van der Waals surface area contributed by atoms with Crippen LogP contribution in [-0.4, -0.2) is 29.6 Å². The number of hydrogen-bond donors (Lipinski definition) is 0. The fraction of sp³-hybridized carbons (Fsp3) is 0.102. The van der Waals surface area contributed by atoms with Crippen molar-refractivity contribution in [2.75, 3.05) is 0 Å². The Bertz CT molecular complexity index is 2880. The van der Waals surface area contributed by atoms with Gasteiger partial charge in [-0.15, -0.1) is 42.1 Å². The molecular weight excluding hydrogens is 977 g/mol. The minimum absolute atomic E-state index is 0. The summed E-state index contributed by atoms with van der Waals surface area (Å²) in [5.41, 5.74) is 9.43. The molecular formula is C59H49HfN3O3. The van der Waals surface area contributed by atoms with Gasteiger partial charge in [-0.2, -0.15) is 53.1 Å². The molecule has 9 aromatic rings. The van der Waals surface area contributed by atoms with Crippen LogP contribution in [0.4, 0.5) is 11.4 Å². The molecule has 0 fully saturated rings. The van der Waals surface area contributed by atoms with Crippen LogP contribution in [0.15, 0.2) is 217 Å². The number of aliphatic imine (C=N–C) groups is 1. The summed E-state index contributed by atoms with van der Waals surface area (Å²) in [5, 5.41) is 10.2. The van der Waals surface area contributed by atoms with E-state index in [1.54, 1.807) is 91.7 Å². The maximum Gasteiger partial charge on any atom is 4.00 e. The van der Waals surface area contributed by atoms with Gasteiger partial charge in [0.2, 0.25) is 0 Å². The number of nitrogens with zero attached hydrogens (tertiary/aromatic N) is 3. The van der Waals surface area contributed by atoms with Gasteiger partial charge in [0, 0.05) is 11.1 Å². The Balaban J connectivity index is 0.000000263. The van der Waals surface area contributed by atoms with Gasteiger partial charge >= 0.3 is 25.8 Å². The average molecular weight is 1030 g/mol. The van der Waals surface area contributed by atoms with E-state index < -0.39 is 5.54 Å². The van der Waals surface area contributed by atoms with Gasteiger partial charge in [0.05, 0.1) is 36.0 Å². The second-order valence-electron chi connectivity index (χ2n) is 15.5. The van der Waals surface area contributed by atoms with Crippen molar-refractivity contribution in [3.8, 4) is 0 Å². The van der Waals surface area contributed by atoms with E-state index in [1.807, 2.05) is 25.1 Å². The second-order valence-corrected chi connectivity index (χ2v) is 15.5. The van der Waals surface area contributed by atoms with E-state index >= 15 is 0 Å². The average Bonchev–Trinajstić information content (AvgIpc) is 3.37. The molecule has 1 heterocycles. The predicted molar refractivity (Wildman–Crippen MR) is 268 cm³/mol. The Morgan fingerprint density at radius 2 is 0.955 bits per heavy atom. The number of rotatable bonds is 10. The van der Waals surface area contributed by atoms with Gasteiger partial charge in [-0.1, -0.05) is 145 Å². The first kappa shape index (κ1) is 49.8. The fourth-order valence-electron chi connectivity index (χ4n) is 7.13. The van der Waals surface area contributed by atoms with Crippen LogP contribution < -0.4 is 0 Å². The van der Waals surface area contributed by atoms with Crippen LogP contribution in [0.1, 0.15) is 58.6 Å². The first-order chi connectivity index (χ1) is 31.7. The molecule has 0 aliphatic carbocycles. The van der Waals surface area contributed by atoms with Gasteiger partial charge < -0.3 is 19.7 Å². The van der Waals surface area contributed by atoms with Crippen LogP contribution in [-0.2, 0) is 52.2 Å². The van der Waals surface area contributed by atoms with Gasteiger partial charge in [-0.3, -0.25) is 9.98 Å². The third kappa shape index (κ3) is 13.9. The number of benzene rings is 8. The first-order valence-corrected chi connectivity index (χ1v) is 21.3. The summed E-state index contributed by atoms with van der Waals surface area (Å²) in [7, 11) is 0. The van der Waals surface area contributed by atoms with Crippen molar-refractivity contribution >= 4 is 57.5 Å². The summed E-state index contributed by atoms with van der Waals surface area (Å²) < 4.78 is 0. The predicted octanol–water partition coefficient (Wildman–Crippen LogP) is 13.7. The summed E-state index contributed by atoms with van der Waals surface area (Å²) in [6.07, 6.45) is 6.06. The van der Waals surface area contributed by atoms with Crippen LogP contribution in [0.3, 0.4) is 0 Å². The third-order valence-electron chi connectivity index (χ3n) is 10.6. The molecule has 0 bridgehead atoms. The van der Waals surface area contributed by atoms with E-state index in [2.05, 4.69) is 142 Å². The molecule has 0 aliphatic heterocycles. The van der Waals surface area contributed by atoms with E-state index in [-0.39, 0.29) is 25.8 Å². The first-order valence-electron chi connectivity index (χ1n) is 21.3. The summed E-state index contributed by atoms with van der Waals surface area (Å²) >= 11 is 0. The molecule has 1 aromatic heterocycles. The van der Waals surface area contributed by atoms with Crippen molar-refractivity contribution in [2.24, 2.45) is 4.99 Å². The summed E-state index contributed by atoms with van der Waals surface area (Å²) in [6.45, 7) is 8.51. The second kappa shape index (κ2) is 25.3. The Labute approximate surface area is 407 Å². The summed E-state index contributed by atoms with van der Waals surface area (Å²) in [5.74, 6) is 0. The number of aryl methyl sites for hydroxylation is 2. The van der Waals surface area contributed by atoms with Crippen LogP contribution in [0.25, 0.3) is 26.9 Å². The molecule has 0 saturated carbocycles. The Hall–Kier alpha value is -7.22. The van der Waals surface area contributed by atoms with Crippen LogP contribution in [0.2, 0.25) is 0 Å². The Morgan fingerprint density at radius 1 is 0.515 bits per heavy atom. The molecule has 0 aliphatic rings. The number of aromatic nitrogens is 1. The van der Waals surface area contributed by atoms with Crippen molar-refractivity contribution < 1.29 is 40.2 Å². The standard InChI is InChI=1S/C38H34N3.3C7H5O.Hf/c1-26-21-23-30-15-8-10-17-32(30)36(26)39-28(3)34-19-12-20-35(40-34)38(4,25-29-13-6-5-7-14-29)41-37-27(2)22-24-31-16-9-11-18-33(31)37;3*8-6-7-4-2-1-3-5-7;/h5-24H,25H2,1-4H3;3*1-5H;/q4*-1;+4. The summed E-state index contributed by atoms with van der Waals surface area (Å²) in [6, 6.07) is 69.0. The van der Waals surface area contributed by atoms with E-state index in [0.717, 1.165) is 56.8 Å². The third-order valence-corrected chi connectivity index (χ3v) is 10.6. The van der Waals surface area contributed by atoms with Gasteiger partial charge in [-0.25, -0.2) is 0 Å². The monoisotopic (exact) mass is 1030 g/mol. The van der Waals surface area contributed by atoms with Gasteiger partial charge in [0.1, 0.15) is 0 Å². The molecule has 0 amide bonds. The molecule has 322 valence electrons. The molecule has 0 N–H and O–H groups in total. The zero-order valence-electron chi connectivity index (χ0n) is 37.5. The van der Waals surface area contributed by atoms with Gasteiger partial charge in [-0.05, 0) is 66.6 Å². The molecule has 9 rings (SSSR count). The van der Waals surface area contributed by atoms with Crippen LogP contribution >= 0.6 is 0 Å². The zero-order chi connectivity index (χ0) is 45.9. The number of hydrogen-bond acceptors (Lipinski definition) is 5. The minimum atomic E-state index is -0.595. The van der Waals surface area contributed by atoms with Crippen molar-refractivity contribution in [2.45, 2.75) is 39.7 Å². The van der Waals surface area contributed by atoms with E-state index in [1.165, 1.54) is 16.3 Å². The van der Waals surface area contributed by atoms with Gasteiger partial charge in [0.25, 0.3) is 0 Å². The molecule has 0 radical (unpaired) electrons. The molecule has 1 atom stereocenters. The molecule has 66 heavy (non-hydrogen) atoms. The zero-order valence-corrected chi connectivity index (χ0v) is 41.1. The molecule has 6 nitrogen and oxygen atoms in total. The molecule has 0 spiro atoms. The van der Waals surface area contributed by atoms with Crippen molar-refractivity contribution in [1.82, 2.24) is 4.98 Å². The van der Waals surface area contributed by atoms with Crippen molar-refractivity contribution in [3.05, 3.63) is 262 Å². The summed E-state index contributed by atoms with van der Waals surface area (Å²) in [4.78, 5) is 40.0. The number of carbonyl (C=O) groups excluding carboxylic acids is 3. The molecule has 8 aromatic carbocycles. The fourth-order valence-corrected chi connectivity index (χ4v) is 7.13. The largest absolute Gasteiger partial charge is 4.00 e.